The molecule has 0 aromatic carbocycles. The predicted octanol–water partition coefficient (Wildman–Crippen LogP) is 1.82. The van der Waals surface area contributed by atoms with Crippen LogP contribution in [0.1, 0.15) is 25.1 Å². The predicted molar refractivity (Wildman–Crippen MR) is 71.4 cm³/mol. The number of carbonyl (C=O) groups excluding carboxylic acids is 1. The fourth-order valence-corrected chi connectivity index (χ4v) is 1.73. The second-order valence-electron chi connectivity index (χ2n) is 4.60. The summed E-state index contributed by atoms with van der Waals surface area (Å²) in [4.78, 5) is 17.7. The van der Waals surface area contributed by atoms with Crippen molar-refractivity contribution in [3.8, 4) is 0 Å². The maximum absolute atomic E-state index is 11.4. The van der Waals surface area contributed by atoms with Crippen molar-refractivity contribution in [1.29, 1.82) is 0 Å². The van der Waals surface area contributed by atoms with Crippen LogP contribution in [0.25, 0.3) is 0 Å². The standard InChI is InChI=1S/C14H22N2O2/c1-5-18-14(17)10-16(4)12(3)9-13-8-11(2)6-7-15-13/h6-8,12H,5,9-10H2,1-4H3. The van der Waals surface area contributed by atoms with Gasteiger partial charge in [-0.25, -0.2) is 0 Å². The topological polar surface area (TPSA) is 42.4 Å². The van der Waals surface area contributed by atoms with Gasteiger partial charge in [-0.15, -0.1) is 0 Å². The first-order valence-electron chi connectivity index (χ1n) is 6.30. The van der Waals surface area contributed by atoms with E-state index in [9.17, 15) is 4.79 Å². The zero-order chi connectivity index (χ0) is 13.5. The van der Waals surface area contributed by atoms with Crippen molar-refractivity contribution in [3.05, 3.63) is 29.6 Å². The molecule has 0 N–H and O–H groups in total. The molecule has 0 aliphatic rings. The van der Waals surface area contributed by atoms with E-state index in [1.807, 2.05) is 31.1 Å². The zero-order valence-corrected chi connectivity index (χ0v) is 11.6. The Hall–Kier alpha value is -1.42. The average Bonchev–Trinajstić information content (AvgIpc) is 2.29. The summed E-state index contributed by atoms with van der Waals surface area (Å²) in [5, 5.41) is 0. The second kappa shape index (κ2) is 7.11. The summed E-state index contributed by atoms with van der Waals surface area (Å²) in [5.41, 5.74) is 2.26. The molecule has 1 heterocycles. The molecule has 1 atom stereocenters. The molecule has 0 saturated carbocycles. The summed E-state index contributed by atoms with van der Waals surface area (Å²) in [5.74, 6) is -0.177. The second-order valence-corrected chi connectivity index (χ2v) is 4.60. The highest BCUT2D eigenvalue weighted by Crippen LogP contribution is 2.07. The van der Waals surface area contributed by atoms with Crippen molar-refractivity contribution in [2.75, 3.05) is 20.2 Å². The summed E-state index contributed by atoms with van der Waals surface area (Å²) < 4.78 is 4.94. The first kappa shape index (κ1) is 14.6. The molecule has 0 fully saturated rings. The number of pyridine rings is 1. The third-order valence-corrected chi connectivity index (χ3v) is 2.91. The number of hydrogen-bond acceptors (Lipinski definition) is 4. The number of ether oxygens (including phenoxy) is 1. The Kier molecular flexibility index (Phi) is 5.78. The highest BCUT2D eigenvalue weighted by Gasteiger charge is 2.14. The molecule has 4 heteroatoms. The van der Waals surface area contributed by atoms with Crippen molar-refractivity contribution in [3.63, 3.8) is 0 Å². The lowest BCUT2D eigenvalue weighted by molar-refractivity contribution is -0.144. The fourth-order valence-electron chi connectivity index (χ4n) is 1.73. The molecule has 0 radical (unpaired) electrons. The van der Waals surface area contributed by atoms with E-state index in [1.54, 1.807) is 0 Å². The molecule has 0 saturated heterocycles. The largest absolute Gasteiger partial charge is 0.465 e. The van der Waals surface area contributed by atoms with Gasteiger partial charge in [-0.05, 0) is 45.5 Å². The molecular formula is C14H22N2O2. The van der Waals surface area contributed by atoms with Crippen LogP contribution in [0.4, 0.5) is 0 Å². The number of aryl methyl sites for hydroxylation is 1. The third-order valence-electron chi connectivity index (χ3n) is 2.91. The van der Waals surface area contributed by atoms with Crippen LogP contribution in [0.2, 0.25) is 0 Å². The van der Waals surface area contributed by atoms with E-state index in [2.05, 4.69) is 24.9 Å². The van der Waals surface area contributed by atoms with Gasteiger partial charge in [-0.3, -0.25) is 14.7 Å². The Morgan fingerprint density at radius 2 is 2.28 bits per heavy atom. The molecule has 1 rings (SSSR count). The maximum Gasteiger partial charge on any atom is 0.320 e. The van der Waals surface area contributed by atoms with Crippen LogP contribution in [-0.2, 0) is 16.0 Å². The van der Waals surface area contributed by atoms with E-state index in [0.29, 0.717) is 13.2 Å². The molecule has 1 aromatic heterocycles. The van der Waals surface area contributed by atoms with Gasteiger partial charge >= 0.3 is 5.97 Å². The molecule has 0 amide bonds. The fraction of sp³-hybridized carbons (Fsp3) is 0.571. The Bertz CT molecular complexity index is 393. The maximum atomic E-state index is 11.4. The van der Waals surface area contributed by atoms with Crippen LogP contribution < -0.4 is 0 Å². The number of carbonyl (C=O) groups is 1. The number of nitrogens with zero attached hydrogens (tertiary/aromatic N) is 2. The highest BCUT2D eigenvalue weighted by molar-refractivity contribution is 5.71. The Labute approximate surface area is 109 Å². The smallest absolute Gasteiger partial charge is 0.320 e. The summed E-state index contributed by atoms with van der Waals surface area (Å²) in [7, 11) is 1.93. The van der Waals surface area contributed by atoms with Gasteiger partial charge in [-0.1, -0.05) is 0 Å². The first-order valence-corrected chi connectivity index (χ1v) is 6.30. The number of likely N-dealkylation sites (N-methyl/N-ethyl adjacent to an activating group) is 1. The normalized spacial score (nSPS) is 12.5. The van der Waals surface area contributed by atoms with E-state index in [4.69, 9.17) is 4.74 Å². The molecule has 0 aliphatic carbocycles. The summed E-state index contributed by atoms with van der Waals surface area (Å²) in [6.07, 6.45) is 2.65. The molecule has 18 heavy (non-hydrogen) atoms. The van der Waals surface area contributed by atoms with Crippen LogP contribution in [0.5, 0.6) is 0 Å². The number of esters is 1. The molecule has 0 bridgehead atoms. The van der Waals surface area contributed by atoms with Gasteiger partial charge in [0.25, 0.3) is 0 Å². The highest BCUT2D eigenvalue weighted by atomic mass is 16.5. The van der Waals surface area contributed by atoms with Crippen molar-refractivity contribution in [2.45, 2.75) is 33.2 Å². The van der Waals surface area contributed by atoms with Gasteiger partial charge in [0.1, 0.15) is 0 Å². The van der Waals surface area contributed by atoms with Crippen LogP contribution >= 0.6 is 0 Å². The van der Waals surface area contributed by atoms with Crippen LogP contribution in [0.15, 0.2) is 18.3 Å². The van der Waals surface area contributed by atoms with E-state index < -0.39 is 0 Å². The minimum Gasteiger partial charge on any atom is -0.465 e. The van der Waals surface area contributed by atoms with Crippen LogP contribution in [0.3, 0.4) is 0 Å². The molecule has 100 valence electrons. The Morgan fingerprint density at radius 3 is 2.89 bits per heavy atom. The molecule has 1 aromatic rings. The van der Waals surface area contributed by atoms with Gasteiger partial charge in [0.2, 0.25) is 0 Å². The van der Waals surface area contributed by atoms with E-state index in [-0.39, 0.29) is 12.0 Å². The number of aromatic nitrogens is 1. The molecule has 1 unspecified atom stereocenters. The summed E-state index contributed by atoms with van der Waals surface area (Å²) in [6, 6.07) is 4.31. The van der Waals surface area contributed by atoms with Crippen molar-refractivity contribution < 1.29 is 9.53 Å². The van der Waals surface area contributed by atoms with Gasteiger partial charge < -0.3 is 4.74 Å². The zero-order valence-electron chi connectivity index (χ0n) is 11.6. The first-order chi connectivity index (χ1) is 8.52. The monoisotopic (exact) mass is 250 g/mol. The SMILES string of the molecule is CCOC(=O)CN(C)C(C)Cc1cc(C)ccn1. The minimum absolute atomic E-state index is 0.177. The summed E-state index contributed by atoms with van der Waals surface area (Å²) >= 11 is 0. The number of rotatable bonds is 6. The molecule has 0 spiro atoms. The van der Waals surface area contributed by atoms with E-state index >= 15 is 0 Å². The van der Waals surface area contributed by atoms with E-state index in [0.717, 1.165) is 12.1 Å². The Balaban J connectivity index is 2.49. The van der Waals surface area contributed by atoms with Crippen molar-refractivity contribution in [2.24, 2.45) is 0 Å². The number of hydrogen-bond donors (Lipinski definition) is 0. The van der Waals surface area contributed by atoms with Gasteiger partial charge in [0, 0.05) is 24.4 Å². The van der Waals surface area contributed by atoms with Crippen molar-refractivity contribution in [1.82, 2.24) is 9.88 Å². The lowest BCUT2D eigenvalue weighted by Crippen LogP contribution is -2.36. The van der Waals surface area contributed by atoms with Gasteiger partial charge in [0.05, 0.1) is 13.2 Å². The van der Waals surface area contributed by atoms with Crippen LogP contribution in [0, 0.1) is 6.92 Å². The molecule has 4 nitrogen and oxygen atoms in total. The third kappa shape index (κ3) is 4.84. The average molecular weight is 250 g/mol. The minimum atomic E-state index is -0.177. The summed E-state index contributed by atoms with van der Waals surface area (Å²) in [6.45, 7) is 6.71. The lowest BCUT2D eigenvalue weighted by atomic mass is 10.1. The van der Waals surface area contributed by atoms with Gasteiger partial charge in [-0.2, -0.15) is 0 Å². The van der Waals surface area contributed by atoms with Crippen LogP contribution in [-0.4, -0.2) is 42.1 Å². The molecular weight excluding hydrogens is 228 g/mol. The molecule has 0 aliphatic heterocycles. The van der Waals surface area contributed by atoms with E-state index in [1.165, 1.54) is 5.56 Å². The quantitative estimate of drug-likeness (QED) is 0.722. The van der Waals surface area contributed by atoms with Crippen molar-refractivity contribution >= 4 is 5.97 Å². The lowest BCUT2D eigenvalue weighted by Gasteiger charge is -2.23. The Morgan fingerprint density at radius 1 is 1.56 bits per heavy atom. The van der Waals surface area contributed by atoms with Gasteiger partial charge in [0.15, 0.2) is 0 Å².